The number of aromatic nitrogens is 2. The lowest BCUT2D eigenvalue weighted by atomic mass is 10.0. The summed E-state index contributed by atoms with van der Waals surface area (Å²) in [5.41, 5.74) is 10.1. The predicted molar refractivity (Wildman–Crippen MR) is 96.5 cm³/mol. The van der Waals surface area contributed by atoms with E-state index in [1.165, 1.54) is 11.9 Å². The number of nitrogens with two attached hydrogens (primary N) is 1. The number of rotatable bonds is 3. The van der Waals surface area contributed by atoms with Crippen LogP contribution in [0.5, 0.6) is 0 Å². The molecule has 1 aromatic carbocycles. The van der Waals surface area contributed by atoms with Crippen molar-refractivity contribution in [2.75, 3.05) is 22.5 Å². The Labute approximate surface area is 146 Å². The molecule has 24 heavy (non-hydrogen) atoms. The zero-order valence-corrected chi connectivity index (χ0v) is 14.7. The monoisotopic (exact) mass is 345 g/mol. The van der Waals surface area contributed by atoms with Crippen LogP contribution >= 0.6 is 11.6 Å². The molecule has 0 radical (unpaired) electrons. The van der Waals surface area contributed by atoms with Crippen molar-refractivity contribution in [1.29, 1.82) is 0 Å². The fraction of sp³-hybridized carbons (Fsp3) is 0.353. The van der Waals surface area contributed by atoms with Crippen LogP contribution in [0.25, 0.3) is 0 Å². The van der Waals surface area contributed by atoms with Crippen molar-refractivity contribution in [3.63, 3.8) is 0 Å². The molecule has 0 spiro atoms. The van der Waals surface area contributed by atoms with Gasteiger partial charge in [-0.15, -0.1) is 0 Å². The summed E-state index contributed by atoms with van der Waals surface area (Å²) in [6.45, 7) is 6.78. The van der Waals surface area contributed by atoms with Gasteiger partial charge in [0.25, 0.3) is 0 Å². The van der Waals surface area contributed by atoms with Gasteiger partial charge in [0.1, 0.15) is 23.2 Å². The van der Waals surface area contributed by atoms with Crippen LogP contribution in [0, 0.1) is 20.8 Å². The summed E-state index contributed by atoms with van der Waals surface area (Å²) in [6.07, 6.45) is 2.00. The van der Waals surface area contributed by atoms with Crippen molar-refractivity contribution in [3.05, 3.63) is 40.2 Å². The minimum absolute atomic E-state index is 0.0123. The highest BCUT2D eigenvalue weighted by Gasteiger charge is 2.34. The third-order valence-corrected chi connectivity index (χ3v) is 4.61. The third kappa shape index (κ3) is 2.89. The SMILES string of the molecule is Cc1cc(C)c(N2CCC(Nc3ncnc(N)c3Cl)C2=O)c(C)c1. The summed E-state index contributed by atoms with van der Waals surface area (Å²) < 4.78 is 0. The first kappa shape index (κ1) is 16.5. The van der Waals surface area contributed by atoms with Crippen LogP contribution in [0.15, 0.2) is 18.5 Å². The number of carbonyl (C=O) groups is 1. The number of amides is 1. The minimum atomic E-state index is -0.378. The molecule has 1 fully saturated rings. The zero-order valence-electron chi connectivity index (χ0n) is 13.9. The van der Waals surface area contributed by atoms with Gasteiger partial charge >= 0.3 is 0 Å². The van der Waals surface area contributed by atoms with Crippen LogP contribution in [-0.4, -0.2) is 28.5 Å². The Kier molecular flexibility index (Phi) is 4.32. The van der Waals surface area contributed by atoms with E-state index < -0.39 is 0 Å². The number of nitrogens with one attached hydrogen (secondary N) is 1. The molecule has 1 amide bonds. The van der Waals surface area contributed by atoms with Gasteiger partial charge in [-0.2, -0.15) is 0 Å². The second-order valence-corrected chi connectivity index (χ2v) is 6.52. The van der Waals surface area contributed by atoms with Gasteiger partial charge in [0.15, 0.2) is 5.82 Å². The molecule has 1 aromatic heterocycles. The van der Waals surface area contributed by atoms with Gasteiger partial charge in [-0.05, 0) is 38.3 Å². The molecular formula is C17H20ClN5O. The molecule has 1 aliphatic heterocycles. The van der Waals surface area contributed by atoms with Crippen LogP contribution in [0.4, 0.5) is 17.3 Å². The van der Waals surface area contributed by atoms with E-state index >= 15 is 0 Å². The van der Waals surface area contributed by atoms with Crippen molar-refractivity contribution in [1.82, 2.24) is 9.97 Å². The summed E-state index contributed by atoms with van der Waals surface area (Å²) in [7, 11) is 0. The number of nitrogen functional groups attached to an aromatic ring is 1. The lowest BCUT2D eigenvalue weighted by molar-refractivity contribution is -0.117. The Morgan fingerprint density at radius 3 is 2.58 bits per heavy atom. The lowest BCUT2D eigenvalue weighted by Gasteiger charge is -2.22. The fourth-order valence-corrected chi connectivity index (χ4v) is 3.44. The highest BCUT2D eigenvalue weighted by molar-refractivity contribution is 6.35. The van der Waals surface area contributed by atoms with E-state index in [-0.39, 0.29) is 22.8 Å². The van der Waals surface area contributed by atoms with Crippen molar-refractivity contribution in [2.45, 2.75) is 33.2 Å². The first-order valence-electron chi connectivity index (χ1n) is 7.80. The lowest BCUT2D eigenvalue weighted by Crippen LogP contribution is -2.34. The summed E-state index contributed by atoms with van der Waals surface area (Å²) in [5.74, 6) is 0.599. The van der Waals surface area contributed by atoms with Gasteiger partial charge in [0.2, 0.25) is 5.91 Å². The van der Waals surface area contributed by atoms with Crippen LogP contribution < -0.4 is 16.0 Å². The van der Waals surface area contributed by atoms with E-state index in [1.54, 1.807) is 0 Å². The smallest absolute Gasteiger partial charge is 0.249 e. The average Bonchev–Trinajstić information content (AvgIpc) is 2.85. The van der Waals surface area contributed by atoms with E-state index in [2.05, 4.69) is 34.3 Å². The summed E-state index contributed by atoms with van der Waals surface area (Å²) in [5, 5.41) is 3.34. The van der Waals surface area contributed by atoms with Gasteiger partial charge in [0, 0.05) is 12.2 Å². The van der Waals surface area contributed by atoms with E-state index in [0.29, 0.717) is 18.8 Å². The first-order valence-corrected chi connectivity index (χ1v) is 8.18. The van der Waals surface area contributed by atoms with Gasteiger partial charge in [-0.3, -0.25) is 4.79 Å². The van der Waals surface area contributed by atoms with Crippen LogP contribution in [-0.2, 0) is 4.79 Å². The number of aryl methyl sites for hydroxylation is 3. The van der Waals surface area contributed by atoms with Crippen LogP contribution in [0.1, 0.15) is 23.1 Å². The molecule has 6 nitrogen and oxygen atoms in total. The highest BCUT2D eigenvalue weighted by Crippen LogP contribution is 2.32. The molecule has 1 unspecified atom stereocenters. The molecule has 7 heteroatoms. The number of hydrogen-bond donors (Lipinski definition) is 2. The summed E-state index contributed by atoms with van der Waals surface area (Å²) in [6, 6.07) is 3.81. The Balaban J connectivity index is 1.85. The zero-order chi connectivity index (χ0) is 17.4. The molecule has 1 atom stereocenters. The molecule has 3 N–H and O–H groups in total. The Hall–Kier alpha value is -2.34. The molecule has 1 saturated heterocycles. The number of carbonyl (C=O) groups excluding carboxylic acids is 1. The number of hydrogen-bond acceptors (Lipinski definition) is 5. The minimum Gasteiger partial charge on any atom is -0.382 e. The van der Waals surface area contributed by atoms with Crippen molar-refractivity contribution >= 4 is 34.8 Å². The fourth-order valence-electron chi connectivity index (χ4n) is 3.28. The quantitative estimate of drug-likeness (QED) is 0.893. The van der Waals surface area contributed by atoms with Crippen LogP contribution in [0.3, 0.4) is 0 Å². The standard InChI is InChI=1S/C17H20ClN5O/c1-9-6-10(2)14(11(3)7-9)23-5-4-12(17(23)24)22-16-13(18)15(19)20-8-21-16/h6-8,12H,4-5H2,1-3H3,(H3,19,20,21,22). The largest absolute Gasteiger partial charge is 0.382 e. The van der Waals surface area contributed by atoms with Crippen LogP contribution in [0.2, 0.25) is 5.02 Å². The van der Waals surface area contributed by atoms with Gasteiger partial charge in [-0.25, -0.2) is 9.97 Å². The molecule has 0 bridgehead atoms. The van der Waals surface area contributed by atoms with E-state index in [4.69, 9.17) is 17.3 Å². The topological polar surface area (TPSA) is 84.1 Å². The van der Waals surface area contributed by atoms with E-state index in [9.17, 15) is 4.79 Å². The Morgan fingerprint density at radius 1 is 1.25 bits per heavy atom. The second-order valence-electron chi connectivity index (χ2n) is 6.14. The third-order valence-electron chi connectivity index (χ3n) is 4.24. The first-order chi connectivity index (χ1) is 11.4. The number of halogens is 1. The maximum atomic E-state index is 12.8. The molecule has 3 rings (SSSR count). The summed E-state index contributed by atoms with van der Waals surface area (Å²) >= 11 is 6.10. The Morgan fingerprint density at radius 2 is 1.92 bits per heavy atom. The Bertz CT molecular complexity index is 785. The maximum absolute atomic E-state index is 12.8. The van der Waals surface area contributed by atoms with E-state index in [0.717, 1.165) is 16.8 Å². The number of nitrogens with zero attached hydrogens (tertiary/aromatic N) is 3. The van der Waals surface area contributed by atoms with Crippen molar-refractivity contribution in [3.8, 4) is 0 Å². The van der Waals surface area contributed by atoms with Gasteiger partial charge in [-0.1, -0.05) is 29.3 Å². The normalized spacial score (nSPS) is 17.4. The number of anilines is 3. The highest BCUT2D eigenvalue weighted by atomic mass is 35.5. The van der Waals surface area contributed by atoms with E-state index in [1.807, 2.05) is 18.7 Å². The molecule has 126 valence electrons. The molecular weight excluding hydrogens is 326 g/mol. The molecule has 2 heterocycles. The average molecular weight is 346 g/mol. The number of benzene rings is 1. The summed E-state index contributed by atoms with van der Waals surface area (Å²) in [4.78, 5) is 22.6. The second kappa shape index (κ2) is 6.28. The van der Waals surface area contributed by atoms with Crippen molar-refractivity contribution in [2.24, 2.45) is 0 Å². The van der Waals surface area contributed by atoms with Gasteiger partial charge < -0.3 is 16.0 Å². The van der Waals surface area contributed by atoms with Crippen molar-refractivity contribution < 1.29 is 4.79 Å². The molecule has 1 aliphatic rings. The molecule has 0 saturated carbocycles. The maximum Gasteiger partial charge on any atom is 0.249 e. The van der Waals surface area contributed by atoms with Gasteiger partial charge in [0.05, 0.1) is 0 Å². The molecule has 0 aliphatic carbocycles. The predicted octanol–water partition coefficient (Wildman–Crippen LogP) is 2.85. The molecule has 2 aromatic rings.